The Morgan fingerprint density at radius 1 is 1.25 bits per heavy atom. The van der Waals surface area contributed by atoms with Crippen LogP contribution in [0.25, 0.3) is 0 Å². The molecule has 0 aliphatic heterocycles. The number of hydrogen-bond acceptors (Lipinski definition) is 2. The summed E-state index contributed by atoms with van der Waals surface area (Å²) in [5.74, 6) is 0.822. The van der Waals surface area contributed by atoms with Gasteiger partial charge in [0, 0.05) is 34.8 Å². The van der Waals surface area contributed by atoms with Crippen LogP contribution in [0, 0.1) is 6.92 Å². The normalized spacial score (nSPS) is 7.62. The average molecular weight is 202 g/mol. The molecule has 0 N–H and O–H groups in total. The Bertz CT molecular complexity index is 140. The second-order valence-corrected chi connectivity index (χ2v) is 1.30. The van der Waals surface area contributed by atoms with Crippen LogP contribution in [0.3, 0.4) is 0 Å². The zero-order valence-corrected chi connectivity index (χ0v) is 5.91. The van der Waals surface area contributed by atoms with Crippen LogP contribution in [-0.2, 0) is 22.4 Å². The van der Waals surface area contributed by atoms with Gasteiger partial charge in [0.25, 0.3) is 0 Å². The largest absolute Gasteiger partial charge is 0.242 e. The van der Waals surface area contributed by atoms with E-state index in [2.05, 4.69) is 9.97 Å². The molecule has 2 nitrogen and oxygen atoms in total. The minimum Gasteiger partial charge on any atom is -0.242 e. The summed E-state index contributed by atoms with van der Waals surface area (Å²) in [5, 5.41) is 0. The molecule has 1 rings (SSSR count). The van der Waals surface area contributed by atoms with Gasteiger partial charge in [0.2, 0.25) is 0 Å². The average Bonchev–Trinajstić information content (AvgIpc) is 1.69. The molecule has 1 aromatic rings. The molecule has 1 heterocycles. The number of rotatable bonds is 0. The van der Waals surface area contributed by atoms with Gasteiger partial charge in [-0.2, -0.15) is 0 Å². The van der Waals surface area contributed by atoms with Gasteiger partial charge in [0.05, 0.1) is 0 Å². The van der Waals surface area contributed by atoms with Gasteiger partial charge in [-0.3, -0.25) is 0 Å². The molecule has 0 saturated heterocycles. The molecule has 47 valence electrons. The number of nitrogens with zero attached hydrogens (tertiary/aromatic N) is 2. The summed E-state index contributed by atoms with van der Waals surface area (Å²) < 4.78 is 0. The molecule has 0 atom stereocenters. The molecule has 0 aliphatic carbocycles. The van der Waals surface area contributed by atoms with E-state index in [1.54, 1.807) is 18.5 Å². The van der Waals surface area contributed by atoms with Crippen LogP contribution in [-0.4, -0.2) is 9.97 Å². The van der Waals surface area contributed by atoms with Crippen molar-refractivity contribution in [3.8, 4) is 0 Å². The number of aryl methyl sites for hydroxylation is 1. The predicted molar refractivity (Wildman–Crippen MR) is 26.8 cm³/mol. The van der Waals surface area contributed by atoms with Crippen LogP contribution in [0.5, 0.6) is 0 Å². The van der Waals surface area contributed by atoms with Crippen molar-refractivity contribution < 1.29 is 22.4 Å². The maximum absolute atomic E-state index is 3.87. The van der Waals surface area contributed by atoms with Crippen LogP contribution in [0.4, 0.5) is 0 Å². The van der Waals surface area contributed by atoms with Crippen LogP contribution < -0.4 is 0 Å². The minimum atomic E-state index is 0. The first kappa shape index (κ1) is 7.82. The van der Waals surface area contributed by atoms with E-state index in [0.29, 0.717) is 0 Å². The van der Waals surface area contributed by atoms with E-state index in [1.165, 1.54) is 0 Å². The second-order valence-electron chi connectivity index (χ2n) is 1.30. The van der Waals surface area contributed by atoms with E-state index >= 15 is 0 Å². The molecule has 8 heavy (non-hydrogen) atoms. The molecule has 0 bridgehead atoms. The quantitative estimate of drug-likeness (QED) is 0.581. The maximum Gasteiger partial charge on any atom is 0.125 e. The number of hydrogen-bond donors (Lipinski definition) is 0. The van der Waals surface area contributed by atoms with Gasteiger partial charge in [-0.25, -0.2) is 9.97 Å². The third-order valence-electron chi connectivity index (χ3n) is 0.695. The molecule has 0 unspecified atom stereocenters. The van der Waals surface area contributed by atoms with Crippen molar-refractivity contribution in [1.82, 2.24) is 9.97 Å². The SMILES string of the molecule is Cc1ncccn1.[Ag]. The fourth-order valence-electron chi connectivity index (χ4n) is 0.374. The first-order chi connectivity index (χ1) is 3.39. The van der Waals surface area contributed by atoms with E-state index in [1.807, 2.05) is 6.92 Å². The van der Waals surface area contributed by atoms with E-state index in [4.69, 9.17) is 0 Å². The Balaban J connectivity index is 0.000000490. The standard InChI is InChI=1S/C5H6N2.Ag/c1-5-6-3-2-4-7-5;/h2-4H,1H3;. The van der Waals surface area contributed by atoms with E-state index in [-0.39, 0.29) is 22.4 Å². The molecule has 0 aromatic carbocycles. The molecular formula is C5H6AgN2. The summed E-state index contributed by atoms with van der Waals surface area (Å²) in [6.07, 6.45) is 3.45. The molecule has 3 heteroatoms. The second kappa shape index (κ2) is 3.78. The summed E-state index contributed by atoms with van der Waals surface area (Å²) in [4.78, 5) is 7.74. The van der Waals surface area contributed by atoms with Crippen molar-refractivity contribution >= 4 is 0 Å². The molecule has 0 amide bonds. The Kier molecular flexibility index (Phi) is 3.69. The van der Waals surface area contributed by atoms with Gasteiger partial charge < -0.3 is 0 Å². The molecular weight excluding hydrogens is 196 g/mol. The summed E-state index contributed by atoms with van der Waals surface area (Å²) in [7, 11) is 0. The molecule has 1 aromatic heterocycles. The fraction of sp³-hybridized carbons (Fsp3) is 0.200. The third-order valence-corrected chi connectivity index (χ3v) is 0.695. The Hall–Kier alpha value is -0.180. The van der Waals surface area contributed by atoms with Gasteiger partial charge in [-0.15, -0.1) is 0 Å². The van der Waals surface area contributed by atoms with Gasteiger partial charge in [0.15, 0.2) is 0 Å². The van der Waals surface area contributed by atoms with E-state index < -0.39 is 0 Å². The van der Waals surface area contributed by atoms with Crippen LogP contribution in [0.1, 0.15) is 5.82 Å². The molecule has 0 spiro atoms. The molecule has 1 radical (unpaired) electrons. The van der Waals surface area contributed by atoms with Crippen molar-refractivity contribution in [1.29, 1.82) is 0 Å². The van der Waals surface area contributed by atoms with Gasteiger partial charge in [-0.05, 0) is 13.0 Å². The predicted octanol–water partition coefficient (Wildman–Crippen LogP) is 0.783. The van der Waals surface area contributed by atoms with Gasteiger partial charge in [-0.1, -0.05) is 0 Å². The fourth-order valence-corrected chi connectivity index (χ4v) is 0.374. The van der Waals surface area contributed by atoms with Crippen LogP contribution >= 0.6 is 0 Å². The molecule has 0 fully saturated rings. The molecule has 0 saturated carbocycles. The van der Waals surface area contributed by atoms with Gasteiger partial charge >= 0.3 is 0 Å². The van der Waals surface area contributed by atoms with Crippen LogP contribution in [0.2, 0.25) is 0 Å². The van der Waals surface area contributed by atoms with Crippen LogP contribution in [0.15, 0.2) is 18.5 Å². The first-order valence-corrected chi connectivity index (χ1v) is 2.13. The maximum atomic E-state index is 3.87. The third kappa shape index (κ3) is 2.21. The summed E-state index contributed by atoms with van der Waals surface area (Å²) in [6.45, 7) is 1.86. The van der Waals surface area contributed by atoms with E-state index in [0.717, 1.165) is 5.82 Å². The summed E-state index contributed by atoms with van der Waals surface area (Å²) in [6, 6.07) is 1.80. The Labute approximate surface area is 63.9 Å². The zero-order valence-electron chi connectivity index (χ0n) is 4.43. The Morgan fingerprint density at radius 3 is 2.00 bits per heavy atom. The smallest absolute Gasteiger partial charge is 0.125 e. The summed E-state index contributed by atoms with van der Waals surface area (Å²) >= 11 is 0. The van der Waals surface area contributed by atoms with Crippen molar-refractivity contribution in [2.24, 2.45) is 0 Å². The zero-order chi connectivity index (χ0) is 5.11. The van der Waals surface area contributed by atoms with Crippen molar-refractivity contribution in [3.05, 3.63) is 24.3 Å². The first-order valence-electron chi connectivity index (χ1n) is 2.13. The van der Waals surface area contributed by atoms with Crippen molar-refractivity contribution in [2.45, 2.75) is 6.92 Å². The van der Waals surface area contributed by atoms with Crippen molar-refractivity contribution in [2.75, 3.05) is 0 Å². The van der Waals surface area contributed by atoms with Gasteiger partial charge in [0.1, 0.15) is 5.82 Å². The number of aromatic nitrogens is 2. The van der Waals surface area contributed by atoms with E-state index in [9.17, 15) is 0 Å². The topological polar surface area (TPSA) is 25.8 Å². The summed E-state index contributed by atoms with van der Waals surface area (Å²) in [5.41, 5.74) is 0. The molecule has 0 aliphatic rings. The minimum absolute atomic E-state index is 0. The van der Waals surface area contributed by atoms with Crippen molar-refractivity contribution in [3.63, 3.8) is 0 Å². The monoisotopic (exact) mass is 201 g/mol. The Morgan fingerprint density at radius 2 is 1.75 bits per heavy atom.